The molecule has 2 saturated heterocycles. The van der Waals surface area contributed by atoms with Crippen LogP contribution in [0.3, 0.4) is 0 Å². The van der Waals surface area contributed by atoms with Gasteiger partial charge in [0, 0.05) is 12.5 Å². The van der Waals surface area contributed by atoms with E-state index in [0.717, 1.165) is 0 Å². The Labute approximate surface area is 199 Å². The Morgan fingerprint density at radius 2 is 1.55 bits per heavy atom. The minimum absolute atomic E-state index is 0.0270. The van der Waals surface area contributed by atoms with Crippen molar-refractivity contribution in [1.29, 1.82) is 0 Å². The molecule has 4 atom stereocenters. The van der Waals surface area contributed by atoms with Gasteiger partial charge in [0.1, 0.15) is 6.10 Å². The van der Waals surface area contributed by atoms with Crippen LogP contribution in [0.25, 0.3) is 0 Å². The van der Waals surface area contributed by atoms with E-state index in [0.29, 0.717) is 19.6 Å². The lowest BCUT2D eigenvalue weighted by Crippen LogP contribution is -2.68. The third-order valence-electron chi connectivity index (χ3n) is 6.96. The fourth-order valence-electron chi connectivity index (χ4n) is 5.46. The molecule has 33 heavy (non-hydrogen) atoms. The average Bonchev–Trinajstić information content (AvgIpc) is 3.35. The number of hydrogen-bond donors (Lipinski definition) is 1. The largest absolute Gasteiger partial charge is 0.402 e. The summed E-state index contributed by atoms with van der Waals surface area (Å²) in [4.78, 5) is 0. The van der Waals surface area contributed by atoms with Crippen molar-refractivity contribution in [2.45, 2.75) is 70.2 Å². The van der Waals surface area contributed by atoms with Crippen LogP contribution in [0.1, 0.15) is 41.0 Å². The number of aliphatic hydroxyl groups excluding tert-OH is 1. The second kappa shape index (κ2) is 9.60. The van der Waals surface area contributed by atoms with Gasteiger partial charge >= 0.3 is 0 Å². The average molecular weight is 471 g/mol. The van der Waals surface area contributed by atoms with Crippen molar-refractivity contribution in [2.24, 2.45) is 5.92 Å². The van der Waals surface area contributed by atoms with Gasteiger partial charge in [-0.05, 0) is 35.7 Å². The summed E-state index contributed by atoms with van der Waals surface area (Å²) >= 11 is 0. The highest BCUT2D eigenvalue weighted by Crippen LogP contribution is 2.42. The maximum absolute atomic E-state index is 9.93. The summed E-state index contributed by atoms with van der Waals surface area (Å²) in [5.41, 5.74) is 0. The van der Waals surface area contributed by atoms with Crippen LogP contribution in [-0.4, -0.2) is 57.3 Å². The van der Waals surface area contributed by atoms with E-state index in [1.165, 1.54) is 10.4 Å². The van der Waals surface area contributed by atoms with Crippen LogP contribution < -0.4 is 10.4 Å². The van der Waals surface area contributed by atoms with E-state index in [2.05, 4.69) is 81.4 Å². The van der Waals surface area contributed by atoms with Crippen LogP contribution in [0.15, 0.2) is 60.7 Å². The molecule has 0 saturated carbocycles. The van der Waals surface area contributed by atoms with Crippen molar-refractivity contribution in [2.75, 3.05) is 19.8 Å². The molecule has 2 aromatic carbocycles. The second-order valence-corrected chi connectivity index (χ2v) is 14.9. The Hall–Kier alpha value is -1.54. The number of benzene rings is 2. The van der Waals surface area contributed by atoms with E-state index >= 15 is 0 Å². The molecule has 2 heterocycles. The summed E-state index contributed by atoms with van der Waals surface area (Å²) < 4.78 is 25.6. The molecule has 1 N–H and O–H groups in total. The standard InChI is InChI=1S/C27H38O5Si/c1-26(2,3)33(20-12-8-6-9-13-20,21-14-10-7-11-15-21)32-23-18-29-25(22(23)16-17-28)24-19-30-27(4,5)31-24/h6-15,22-25,28H,16-19H2,1-5H3. The molecular weight excluding hydrogens is 432 g/mol. The van der Waals surface area contributed by atoms with Gasteiger partial charge < -0.3 is 23.7 Å². The third kappa shape index (κ3) is 4.83. The molecule has 2 aromatic rings. The summed E-state index contributed by atoms with van der Waals surface area (Å²) in [7, 11) is -2.72. The first-order chi connectivity index (χ1) is 15.7. The third-order valence-corrected chi connectivity index (χ3v) is 12.0. The Kier molecular flexibility index (Phi) is 7.15. The molecule has 4 unspecified atom stereocenters. The van der Waals surface area contributed by atoms with Gasteiger partial charge in [-0.2, -0.15) is 0 Å². The summed E-state index contributed by atoms with van der Waals surface area (Å²) in [6, 6.07) is 21.3. The summed E-state index contributed by atoms with van der Waals surface area (Å²) in [6.45, 7) is 11.8. The Bertz CT molecular complexity index is 856. The Balaban J connectivity index is 1.73. The van der Waals surface area contributed by atoms with Crippen molar-refractivity contribution < 1.29 is 23.7 Å². The van der Waals surface area contributed by atoms with Crippen molar-refractivity contribution in [3.63, 3.8) is 0 Å². The molecule has 0 aromatic heterocycles. The minimum atomic E-state index is -2.72. The minimum Gasteiger partial charge on any atom is -0.402 e. The van der Waals surface area contributed by atoms with E-state index in [4.69, 9.17) is 18.6 Å². The number of ether oxygens (including phenoxy) is 3. The second-order valence-electron chi connectivity index (χ2n) is 10.7. The quantitative estimate of drug-likeness (QED) is 0.628. The molecular formula is C27H38O5Si. The highest BCUT2D eigenvalue weighted by atomic mass is 28.4. The van der Waals surface area contributed by atoms with E-state index in [1.54, 1.807) is 0 Å². The van der Waals surface area contributed by atoms with Crippen LogP contribution in [0.4, 0.5) is 0 Å². The van der Waals surface area contributed by atoms with Crippen LogP contribution in [0.2, 0.25) is 5.04 Å². The van der Waals surface area contributed by atoms with Gasteiger partial charge in [0.05, 0.1) is 25.4 Å². The summed E-state index contributed by atoms with van der Waals surface area (Å²) in [5, 5.41) is 12.3. The normalized spacial score (nSPS) is 27.7. The van der Waals surface area contributed by atoms with Gasteiger partial charge in [0.2, 0.25) is 0 Å². The zero-order valence-electron chi connectivity index (χ0n) is 20.5. The molecule has 0 bridgehead atoms. The number of rotatable bonds is 7. The first kappa shape index (κ1) is 24.6. The first-order valence-corrected chi connectivity index (χ1v) is 13.9. The van der Waals surface area contributed by atoms with Crippen LogP contribution in [0, 0.1) is 5.92 Å². The molecule has 4 rings (SSSR count). The number of hydrogen-bond acceptors (Lipinski definition) is 5. The predicted molar refractivity (Wildman–Crippen MR) is 132 cm³/mol. The van der Waals surface area contributed by atoms with Crippen molar-refractivity contribution in [1.82, 2.24) is 0 Å². The zero-order valence-corrected chi connectivity index (χ0v) is 21.5. The van der Waals surface area contributed by atoms with Crippen LogP contribution >= 0.6 is 0 Å². The smallest absolute Gasteiger partial charge is 0.261 e. The Morgan fingerprint density at radius 3 is 2.00 bits per heavy atom. The Morgan fingerprint density at radius 1 is 0.970 bits per heavy atom. The van der Waals surface area contributed by atoms with E-state index in [1.807, 2.05) is 13.8 Å². The van der Waals surface area contributed by atoms with Gasteiger partial charge in [-0.15, -0.1) is 0 Å². The fourth-order valence-corrected chi connectivity index (χ4v) is 10.2. The fraction of sp³-hybridized carbons (Fsp3) is 0.556. The molecule has 0 spiro atoms. The van der Waals surface area contributed by atoms with E-state index in [9.17, 15) is 5.11 Å². The molecule has 5 nitrogen and oxygen atoms in total. The van der Waals surface area contributed by atoms with E-state index < -0.39 is 14.1 Å². The lowest BCUT2D eigenvalue weighted by atomic mass is 9.92. The molecule has 2 aliphatic heterocycles. The van der Waals surface area contributed by atoms with Crippen LogP contribution in [0.5, 0.6) is 0 Å². The van der Waals surface area contributed by atoms with Crippen LogP contribution in [-0.2, 0) is 18.6 Å². The number of aliphatic hydroxyl groups is 1. The molecule has 2 fully saturated rings. The lowest BCUT2D eigenvalue weighted by Gasteiger charge is -2.45. The highest BCUT2D eigenvalue weighted by molar-refractivity contribution is 6.99. The summed E-state index contributed by atoms with van der Waals surface area (Å²) in [6.07, 6.45) is 0.139. The maximum Gasteiger partial charge on any atom is 0.261 e. The summed E-state index contributed by atoms with van der Waals surface area (Å²) in [5.74, 6) is -0.589. The monoisotopic (exact) mass is 470 g/mol. The maximum atomic E-state index is 9.93. The molecule has 0 amide bonds. The van der Waals surface area contributed by atoms with Crippen molar-refractivity contribution in [3.05, 3.63) is 60.7 Å². The molecule has 0 radical (unpaired) electrons. The van der Waals surface area contributed by atoms with Crippen molar-refractivity contribution in [3.8, 4) is 0 Å². The zero-order chi connectivity index (χ0) is 23.7. The predicted octanol–water partition coefficient (Wildman–Crippen LogP) is 3.48. The molecule has 0 aliphatic carbocycles. The highest BCUT2D eigenvalue weighted by Gasteiger charge is 2.55. The van der Waals surface area contributed by atoms with Crippen molar-refractivity contribution >= 4 is 18.7 Å². The lowest BCUT2D eigenvalue weighted by molar-refractivity contribution is -0.155. The first-order valence-electron chi connectivity index (χ1n) is 12.0. The van der Waals surface area contributed by atoms with Gasteiger partial charge in [0.15, 0.2) is 5.79 Å². The van der Waals surface area contributed by atoms with Gasteiger partial charge in [-0.25, -0.2) is 0 Å². The molecule has 2 aliphatic rings. The van der Waals surface area contributed by atoms with Gasteiger partial charge in [0.25, 0.3) is 8.32 Å². The van der Waals surface area contributed by atoms with Gasteiger partial charge in [-0.3, -0.25) is 0 Å². The molecule has 6 heteroatoms. The topological polar surface area (TPSA) is 57.2 Å². The van der Waals surface area contributed by atoms with Gasteiger partial charge in [-0.1, -0.05) is 81.4 Å². The molecule has 180 valence electrons. The van der Waals surface area contributed by atoms with E-state index in [-0.39, 0.29) is 35.9 Å². The SMILES string of the molecule is CC1(C)OCC(C2OCC(O[Si](c3ccccc3)(c3ccccc3)C(C)(C)C)C2CCO)O1.